The number of carbonyl (C=O) groups excluding carboxylic acids is 1. The average Bonchev–Trinajstić information content (AvgIpc) is 2.74. The first-order valence-electron chi connectivity index (χ1n) is 10.0. The molecule has 0 amide bonds. The van der Waals surface area contributed by atoms with Crippen molar-refractivity contribution in [2.75, 3.05) is 3.71 Å². The highest BCUT2D eigenvalue weighted by atomic mass is 32.3. The molecular weight excluding hydrogens is 446 g/mol. The maximum atomic E-state index is 13.6. The molecule has 0 bridgehead atoms. The molecule has 0 N–H and O–H groups in total. The highest BCUT2D eigenvalue weighted by Gasteiger charge is 2.37. The summed E-state index contributed by atoms with van der Waals surface area (Å²) in [6, 6.07) is 17.6. The van der Waals surface area contributed by atoms with Gasteiger partial charge in [-0.25, -0.2) is 16.8 Å². The van der Waals surface area contributed by atoms with Crippen LogP contribution in [0.5, 0.6) is 0 Å². The molecule has 0 unspecified atom stereocenters. The largest absolute Gasteiger partial charge is 0.295 e. The Labute approximate surface area is 189 Å². The van der Waals surface area contributed by atoms with Crippen molar-refractivity contribution in [3.63, 3.8) is 0 Å². The summed E-state index contributed by atoms with van der Waals surface area (Å²) in [5, 5.41) is 0. The van der Waals surface area contributed by atoms with Gasteiger partial charge in [0.1, 0.15) is 0 Å². The molecule has 0 saturated carbocycles. The third-order valence-corrected chi connectivity index (χ3v) is 9.29. The van der Waals surface area contributed by atoms with Gasteiger partial charge in [0.25, 0.3) is 20.0 Å². The quantitative estimate of drug-likeness (QED) is 0.457. The van der Waals surface area contributed by atoms with Gasteiger partial charge in [-0.2, -0.15) is 3.71 Å². The number of ketones is 1. The molecule has 0 radical (unpaired) electrons. The van der Waals surface area contributed by atoms with Crippen LogP contribution in [0.25, 0.3) is 0 Å². The lowest BCUT2D eigenvalue weighted by Crippen LogP contribution is -2.37. The lowest BCUT2D eigenvalue weighted by atomic mass is 10.0. The smallest absolute Gasteiger partial charge is 0.277 e. The molecule has 3 aromatic carbocycles. The van der Waals surface area contributed by atoms with Gasteiger partial charge in [0.2, 0.25) is 0 Å². The molecule has 168 valence electrons. The first-order valence-corrected chi connectivity index (χ1v) is 12.9. The van der Waals surface area contributed by atoms with E-state index < -0.39 is 20.0 Å². The Morgan fingerprint density at radius 1 is 0.719 bits per heavy atom. The second-order valence-corrected chi connectivity index (χ2v) is 11.7. The fraction of sp³-hybridized carbons (Fsp3) is 0.208. The van der Waals surface area contributed by atoms with Crippen LogP contribution in [0, 0.1) is 6.92 Å². The Bertz CT molecular complexity index is 1330. The maximum Gasteiger partial charge on any atom is 0.277 e. The molecule has 0 aliphatic heterocycles. The number of hydrogen-bond acceptors (Lipinski definition) is 5. The van der Waals surface area contributed by atoms with Gasteiger partial charge in [-0.15, -0.1) is 0 Å². The van der Waals surface area contributed by atoms with Gasteiger partial charge in [-0.3, -0.25) is 4.79 Å². The Morgan fingerprint density at radius 3 is 1.56 bits per heavy atom. The molecule has 32 heavy (non-hydrogen) atoms. The second-order valence-electron chi connectivity index (χ2n) is 7.85. The Hall–Kier alpha value is -2.97. The van der Waals surface area contributed by atoms with E-state index in [2.05, 4.69) is 0 Å². The summed E-state index contributed by atoms with van der Waals surface area (Å²) in [6.07, 6.45) is 0. The molecule has 0 aliphatic rings. The zero-order valence-electron chi connectivity index (χ0n) is 18.3. The lowest BCUT2D eigenvalue weighted by Gasteiger charge is -2.24. The van der Waals surface area contributed by atoms with E-state index >= 15 is 0 Å². The monoisotopic (exact) mass is 471 g/mol. The molecule has 0 aromatic heterocycles. The fourth-order valence-corrected chi connectivity index (χ4v) is 6.84. The van der Waals surface area contributed by atoms with Crippen molar-refractivity contribution in [3.8, 4) is 0 Å². The van der Waals surface area contributed by atoms with Crippen LogP contribution in [0.3, 0.4) is 0 Å². The molecule has 0 atom stereocenters. The number of anilines is 1. The van der Waals surface area contributed by atoms with Crippen molar-refractivity contribution >= 4 is 31.5 Å². The summed E-state index contributed by atoms with van der Waals surface area (Å²) in [7, 11) is -8.96. The Kier molecular flexibility index (Phi) is 6.57. The highest BCUT2D eigenvalue weighted by Crippen LogP contribution is 2.31. The van der Waals surface area contributed by atoms with Crippen LogP contribution in [-0.4, -0.2) is 22.6 Å². The Morgan fingerprint density at radius 2 is 1.16 bits per heavy atom. The molecule has 0 fully saturated rings. The third-order valence-electron chi connectivity index (χ3n) is 5.08. The van der Waals surface area contributed by atoms with E-state index in [0.717, 1.165) is 11.1 Å². The van der Waals surface area contributed by atoms with E-state index in [4.69, 9.17) is 0 Å². The number of rotatable bonds is 7. The van der Waals surface area contributed by atoms with Crippen molar-refractivity contribution in [2.24, 2.45) is 0 Å². The lowest BCUT2D eigenvalue weighted by molar-refractivity contribution is 0.101. The van der Waals surface area contributed by atoms with Crippen LogP contribution in [0.4, 0.5) is 5.69 Å². The summed E-state index contributed by atoms with van der Waals surface area (Å²) < 4.78 is 54.7. The summed E-state index contributed by atoms with van der Waals surface area (Å²) in [5.41, 5.74) is 2.04. The van der Waals surface area contributed by atoms with Gasteiger partial charge in [0.05, 0.1) is 15.5 Å². The standard InChI is InChI=1S/C24H25NO5S2/c1-17(2)20-9-15-24(16-10-20)32(29,30)25(22-11-7-21(8-12-22)19(4)26)31(27,28)23-13-5-18(3)6-14-23/h5-17H,1-4H3. The molecule has 0 aliphatic carbocycles. The normalized spacial score (nSPS) is 12.0. The minimum Gasteiger partial charge on any atom is -0.295 e. The van der Waals surface area contributed by atoms with Crippen LogP contribution in [0.15, 0.2) is 82.6 Å². The summed E-state index contributed by atoms with van der Waals surface area (Å²) in [5.74, 6) is -0.0186. The first-order chi connectivity index (χ1) is 14.9. The number of benzene rings is 3. The van der Waals surface area contributed by atoms with Gasteiger partial charge >= 0.3 is 0 Å². The van der Waals surface area contributed by atoms with Crippen LogP contribution in [0.2, 0.25) is 0 Å². The number of aryl methyl sites for hydroxylation is 1. The Balaban J connectivity index is 2.21. The first kappa shape index (κ1) is 23.7. The molecule has 0 heterocycles. The van der Waals surface area contributed by atoms with Crippen molar-refractivity contribution in [2.45, 2.75) is 43.4 Å². The van der Waals surface area contributed by atoms with Gasteiger partial charge in [-0.1, -0.05) is 43.7 Å². The molecular formula is C24H25NO5S2. The summed E-state index contributed by atoms with van der Waals surface area (Å²) in [6.45, 7) is 7.15. The SMILES string of the molecule is CC(=O)c1ccc(N(S(=O)(=O)c2ccc(C)cc2)S(=O)(=O)c2ccc(C(C)C)cc2)cc1. The third kappa shape index (κ3) is 4.61. The predicted octanol–water partition coefficient (Wildman–Crippen LogP) is 4.91. The minimum absolute atomic E-state index is 0.0801. The van der Waals surface area contributed by atoms with Gasteiger partial charge in [-0.05, 0) is 73.9 Å². The predicted molar refractivity (Wildman–Crippen MR) is 125 cm³/mol. The zero-order valence-corrected chi connectivity index (χ0v) is 19.9. The number of Topliss-reactive ketones (excluding diaryl/α,β-unsaturated/α-hetero) is 1. The molecule has 3 rings (SSSR count). The molecule has 0 saturated heterocycles. The topological polar surface area (TPSA) is 88.6 Å². The maximum absolute atomic E-state index is 13.6. The van der Waals surface area contributed by atoms with E-state index in [1.165, 1.54) is 55.5 Å². The van der Waals surface area contributed by atoms with Crippen molar-refractivity contribution in [1.82, 2.24) is 0 Å². The number of sulfonamides is 2. The van der Waals surface area contributed by atoms with Crippen molar-refractivity contribution < 1.29 is 21.6 Å². The van der Waals surface area contributed by atoms with Crippen LogP contribution in [0.1, 0.15) is 48.2 Å². The zero-order chi connectivity index (χ0) is 23.7. The van der Waals surface area contributed by atoms with Gasteiger partial charge in [0, 0.05) is 5.56 Å². The van der Waals surface area contributed by atoms with Crippen LogP contribution >= 0.6 is 0 Å². The van der Waals surface area contributed by atoms with E-state index in [-0.39, 0.29) is 27.2 Å². The summed E-state index contributed by atoms with van der Waals surface area (Å²) in [4.78, 5) is 11.3. The molecule has 0 spiro atoms. The van der Waals surface area contributed by atoms with E-state index in [1.807, 2.05) is 20.8 Å². The molecule has 8 heteroatoms. The van der Waals surface area contributed by atoms with Gasteiger partial charge < -0.3 is 0 Å². The number of nitrogens with zero attached hydrogens (tertiary/aromatic N) is 1. The molecule has 6 nitrogen and oxygen atoms in total. The average molecular weight is 472 g/mol. The van der Waals surface area contributed by atoms with E-state index in [0.29, 0.717) is 9.27 Å². The minimum atomic E-state index is -4.49. The van der Waals surface area contributed by atoms with Gasteiger partial charge in [0.15, 0.2) is 5.78 Å². The summed E-state index contributed by atoms with van der Waals surface area (Å²) >= 11 is 0. The molecule has 3 aromatic rings. The van der Waals surface area contributed by atoms with Crippen molar-refractivity contribution in [1.29, 1.82) is 0 Å². The van der Waals surface area contributed by atoms with E-state index in [1.54, 1.807) is 24.3 Å². The highest BCUT2D eigenvalue weighted by molar-refractivity contribution is 8.10. The van der Waals surface area contributed by atoms with E-state index in [9.17, 15) is 21.6 Å². The number of hydrogen-bond donors (Lipinski definition) is 0. The second kappa shape index (κ2) is 8.88. The van der Waals surface area contributed by atoms with Crippen LogP contribution in [-0.2, 0) is 20.0 Å². The number of carbonyl (C=O) groups is 1. The van der Waals surface area contributed by atoms with Crippen molar-refractivity contribution in [3.05, 3.63) is 89.5 Å². The fourth-order valence-electron chi connectivity index (χ4n) is 3.15. The van der Waals surface area contributed by atoms with Crippen LogP contribution < -0.4 is 3.71 Å².